The van der Waals surface area contributed by atoms with Crippen LogP contribution in [-0.4, -0.2) is 11.5 Å². The Bertz CT molecular complexity index is 489. The molecule has 1 aromatic rings. The highest BCUT2D eigenvalue weighted by Crippen LogP contribution is 2.33. The van der Waals surface area contributed by atoms with Gasteiger partial charge in [0.25, 0.3) is 5.69 Å². The molecule has 0 aliphatic heterocycles. The van der Waals surface area contributed by atoms with Crippen molar-refractivity contribution in [2.45, 2.75) is 25.7 Å². The standard InChI is InChI=1S/C13H15N3O2/c14-9-11-5-6-13(16(17)18)12(8-11)15-7-1-2-10-3-4-10/h5-6,8,10,15H,1-4,7H2. The van der Waals surface area contributed by atoms with E-state index >= 15 is 0 Å². The number of nitriles is 1. The van der Waals surface area contributed by atoms with E-state index in [1.165, 1.54) is 37.5 Å². The molecule has 5 heteroatoms. The Labute approximate surface area is 106 Å². The lowest BCUT2D eigenvalue weighted by Gasteiger charge is -2.07. The van der Waals surface area contributed by atoms with Crippen molar-refractivity contribution in [1.29, 1.82) is 5.26 Å². The topological polar surface area (TPSA) is 79.0 Å². The van der Waals surface area contributed by atoms with Gasteiger partial charge in [0.1, 0.15) is 5.69 Å². The number of nitro benzene ring substituents is 1. The molecule has 0 spiro atoms. The Kier molecular flexibility index (Phi) is 3.78. The largest absolute Gasteiger partial charge is 0.379 e. The van der Waals surface area contributed by atoms with Gasteiger partial charge < -0.3 is 5.32 Å². The zero-order chi connectivity index (χ0) is 13.0. The monoisotopic (exact) mass is 245 g/mol. The minimum Gasteiger partial charge on any atom is -0.379 e. The summed E-state index contributed by atoms with van der Waals surface area (Å²) >= 11 is 0. The van der Waals surface area contributed by atoms with E-state index in [0.29, 0.717) is 17.8 Å². The quantitative estimate of drug-likeness (QED) is 0.474. The van der Waals surface area contributed by atoms with Gasteiger partial charge in [-0.25, -0.2) is 0 Å². The lowest BCUT2D eigenvalue weighted by molar-refractivity contribution is -0.384. The molecular formula is C13H15N3O2. The zero-order valence-corrected chi connectivity index (χ0v) is 10.1. The molecule has 1 aliphatic carbocycles. The third-order valence-electron chi connectivity index (χ3n) is 3.12. The summed E-state index contributed by atoms with van der Waals surface area (Å²) in [6.45, 7) is 0.715. The van der Waals surface area contributed by atoms with Crippen LogP contribution in [0.1, 0.15) is 31.2 Å². The molecule has 0 saturated heterocycles. The summed E-state index contributed by atoms with van der Waals surface area (Å²) in [7, 11) is 0. The molecule has 0 atom stereocenters. The van der Waals surface area contributed by atoms with Crippen molar-refractivity contribution in [2.75, 3.05) is 11.9 Å². The molecule has 1 aliphatic rings. The first-order valence-electron chi connectivity index (χ1n) is 6.13. The van der Waals surface area contributed by atoms with Crippen LogP contribution in [0.3, 0.4) is 0 Å². The molecular weight excluding hydrogens is 230 g/mol. The number of benzene rings is 1. The summed E-state index contributed by atoms with van der Waals surface area (Å²) in [5.41, 5.74) is 0.903. The van der Waals surface area contributed by atoms with E-state index in [0.717, 1.165) is 12.3 Å². The van der Waals surface area contributed by atoms with E-state index in [2.05, 4.69) is 5.32 Å². The zero-order valence-electron chi connectivity index (χ0n) is 10.1. The highest BCUT2D eigenvalue weighted by Gasteiger charge is 2.20. The first kappa shape index (κ1) is 12.4. The lowest BCUT2D eigenvalue weighted by atomic mass is 10.1. The van der Waals surface area contributed by atoms with Gasteiger partial charge in [-0.2, -0.15) is 5.26 Å². The van der Waals surface area contributed by atoms with Crippen LogP contribution in [0.2, 0.25) is 0 Å². The fourth-order valence-electron chi connectivity index (χ4n) is 1.93. The third kappa shape index (κ3) is 3.20. The van der Waals surface area contributed by atoms with Gasteiger partial charge in [-0.15, -0.1) is 0 Å². The molecule has 18 heavy (non-hydrogen) atoms. The van der Waals surface area contributed by atoms with Gasteiger partial charge in [-0.05, 0) is 30.9 Å². The summed E-state index contributed by atoms with van der Waals surface area (Å²) in [6, 6.07) is 6.37. The molecule has 1 saturated carbocycles. The van der Waals surface area contributed by atoms with Gasteiger partial charge in [0.2, 0.25) is 0 Å². The Hall–Kier alpha value is -2.09. The van der Waals surface area contributed by atoms with Crippen molar-refractivity contribution in [2.24, 2.45) is 5.92 Å². The summed E-state index contributed by atoms with van der Waals surface area (Å²) < 4.78 is 0. The van der Waals surface area contributed by atoms with Crippen molar-refractivity contribution in [3.05, 3.63) is 33.9 Å². The maximum atomic E-state index is 10.9. The minimum atomic E-state index is -0.426. The van der Waals surface area contributed by atoms with Crippen molar-refractivity contribution < 1.29 is 4.92 Å². The normalized spacial score (nSPS) is 13.9. The van der Waals surface area contributed by atoms with Gasteiger partial charge in [-0.3, -0.25) is 10.1 Å². The highest BCUT2D eigenvalue weighted by atomic mass is 16.6. The lowest BCUT2D eigenvalue weighted by Crippen LogP contribution is -2.05. The fraction of sp³-hybridized carbons (Fsp3) is 0.462. The van der Waals surface area contributed by atoms with Crippen LogP contribution < -0.4 is 5.32 Å². The second kappa shape index (κ2) is 5.50. The van der Waals surface area contributed by atoms with Crippen LogP contribution >= 0.6 is 0 Å². The number of rotatable bonds is 6. The number of hydrogen-bond donors (Lipinski definition) is 1. The predicted octanol–water partition coefficient (Wildman–Crippen LogP) is 3.07. The predicted molar refractivity (Wildman–Crippen MR) is 68.3 cm³/mol. The molecule has 0 bridgehead atoms. The van der Waals surface area contributed by atoms with Crippen molar-refractivity contribution in [1.82, 2.24) is 0 Å². The average Bonchev–Trinajstić information content (AvgIpc) is 3.18. The molecule has 0 amide bonds. The smallest absolute Gasteiger partial charge is 0.292 e. The van der Waals surface area contributed by atoms with E-state index < -0.39 is 4.92 Å². The Balaban J connectivity index is 1.98. The van der Waals surface area contributed by atoms with Crippen LogP contribution in [-0.2, 0) is 0 Å². The molecule has 94 valence electrons. The maximum Gasteiger partial charge on any atom is 0.292 e. The van der Waals surface area contributed by atoms with Gasteiger partial charge in [-0.1, -0.05) is 12.8 Å². The molecule has 0 aromatic heterocycles. The number of nitro groups is 1. The average molecular weight is 245 g/mol. The van der Waals surface area contributed by atoms with Crippen molar-refractivity contribution in [3.63, 3.8) is 0 Å². The maximum absolute atomic E-state index is 10.9. The minimum absolute atomic E-state index is 0.0282. The summed E-state index contributed by atoms with van der Waals surface area (Å²) in [5, 5.41) is 22.7. The summed E-state index contributed by atoms with van der Waals surface area (Å²) in [5.74, 6) is 0.868. The Morgan fingerprint density at radius 3 is 2.89 bits per heavy atom. The van der Waals surface area contributed by atoms with Gasteiger partial charge in [0.05, 0.1) is 16.6 Å². The van der Waals surface area contributed by atoms with Crippen molar-refractivity contribution >= 4 is 11.4 Å². The van der Waals surface area contributed by atoms with E-state index in [1.54, 1.807) is 0 Å². The number of nitrogens with one attached hydrogen (secondary N) is 1. The van der Waals surface area contributed by atoms with Crippen LogP contribution in [0.25, 0.3) is 0 Å². The first-order valence-corrected chi connectivity index (χ1v) is 6.13. The Morgan fingerprint density at radius 2 is 2.28 bits per heavy atom. The molecule has 2 rings (SSSR count). The first-order chi connectivity index (χ1) is 8.70. The number of nitrogens with zero attached hydrogens (tertiary/aromatic N) is 2. The molecule has 0 unspecified atom stereocenters. The molecule has 5 nitrogen and oxygen atoms in total. The van der Waals surface area contributed by atoms with E-state index in [-0.39, 0.29) is 5.69 Å². The van der Waals surface area contributed by atoms with Crippen LogP contribution in [0, 0.1) is 27.4 Å². The van der Waals surface area contributed by atoms with Gasteiger partial charge in [0, 0.05) is 12.6 Å². The van der Waals surface area contributed by atoms with Crippen LogP contribution in [0.5, 0.6) is 0 Å². The molecule has 0 heterocycles. The fourth-order valence-corrected chi connectivity index (χ4v) is 1.93. The van der Waals surface area contributed by atoms with E-state index in [1.807, 2.05) is 6.07 Å². The Morgan fingerprint density at radius 1 is 1.50 bits per heavy atom. The number of hydrogen-bond acceptors (Lipinski definition) is 4. The molecule has 1 fully saturated rings. The van der Waals surface area contributed by atoms with Crippen LogP contribution in [0.15, 0.2) is 18.2 Å². The van der Waals surface area contributed by atoms with Gasteiger partial charge >= 0.3 is 0 Å². The number of anilines is 1. The molecule has 1 aromatic carbocycles. The van der Waals surface area contributed by atoms with Gasteiger partial charge in [0.15, 0.2) is 0 Å². The molecule has 1 N–H and O–H groups in total. The van der Waals surface area contributed by atoms with E-state index in [4.69, 9.17) is 5.26 Å². The summed E-state index contributed by atoms with van der Waals surface area (Å²) in [4.78, 5) is 10.4. The van der Waals surface area contributed by atoms with Crippen LogP contribution in [0.4, 0.5) is 11.4 Å². The SMILES string of the molecule is N#Cc1ccc([N+](=O)[O-])c(NCCCC2CC2)c1. The summed E-state index contributed by atoms with van der Waals surface area (Å²) in [6.07, 6.45) is 4.84. The third-order valence-corrected chi connectivity index (χ3v) is 3.12. The second-order valence-electron chi connectivity index (χ2n) is 4.61. The highest BCUT2D eigenvalue weighted by molar-refractivity contribution is 5.64. The molecule has 0 radical (unpaired) electrons. The van der Waals surface area contributed by atoms with Crippen molar-refractivity contribution in [3.8, 4) is 6.07 Å². The second-order valence-corrected chi connectivity index (χ2v) is 4.61. The van der Waals surface area contributed by atoms with E-state index in [9.17, 15) is 10.1 Å².